The van der Waals surface area contributed by atoms with E-state index < -0.39 is 6.04 Å². The SMILES string of the molecule is C[C@@H](N)CNCc1ccc2c(c1)C(=O)N(C1CCC(=O)NC1=O)C2. The minimum absolute atomic E-state index is 0.0732. The van der Waals surface area contributed by atoms with Crippen molar-refractivity contribution in [3.63, 3.8) is 0 Å². The third-order valence-electron chi connectivity index (χ3n) is 4.39. The average molecular weight is 330 g/mol. The predicted molar refractivity (Wildman–Crippen MR) is 87.8 cm³/mol. The van der Waals surface area contributed by atoms with Gasteiger partial charge in [-0.05, 0) is 30.5 Å². The van der Waals surface area contributed by atoms with E-state index in [1.807, 2.05) is 25.1 Å². The number of hydrogen-bond donors (Lipinski definition) is 3. The Morgan fingerprint density at radius 3 is 2.88 bits per heavy atom. The van der Waals surface area contributed by atoms with Crippen molar-refractivity contribution in [1.29, 1.82) is 0 Å². The zero-order valence-electron chi connectivity index (χ0n) is 13.7. The molecule has 7 nitrogen and oxygen atoms in total. The Morgan fingerprint density at radius 2 is 2.17 bits per heavy atom. The molecule has 1 aromatic carbocycles. The third-order valence-corrected chi connectivity index (χ3v) is 4.39. The Morgan fingerprint density at radius 1 is 1.38 bits per heavy atom. The number of amides is 3. The molecule has 3 amide bonds. The number of piperidine rings is 1. The molecule has 1 aromatic rings. The van der Waals surface area contributed by atoms with Gasteiger partial charge in [0.1, 0.15) is 6.04 Å². The Labute approximate surface area is 140 Å². The van der Waals surface area contributed by atoms with Gasteiger partial charge in [-0.2, -0.15) is 0 Å². The lowest BCUT2D eigenvalue weighted by molar-refractivity contribution is -0.136. The van der Waals surface area contributed by atoms with Crippen molar-refractivity contribution in [2.24, 2.45) is 5.73 Å². The topological polar surface area (TPSA) is 105 Å². The standard InChI is InChI=1S/C17H22N4O3/c1-10(18)7-19-8-11-2-3-12-9-21(17(24)13(12)6-11)14-4-5-15(22)20-16(14)23/h2-3,6,10,14,19H,4-5,7-9,18H2,1H3,(H,20,22,23)/t10-,14?/m1/s1. The first-order valence-corrected chi connectivity index (χ1v) is 8.18. The molecule has 0 bridgehead atoms. The van der Waals surface area contributed by atoms with Crippen LogP contribution in [0.1, 0.15) is 41.3 Å². The van der Waals surface area contributed by atoms with Crippen LogP contribution in [0, 0.1) is 0 Å². The summed E-state index contributed by atoms with van der Waals surface area (Å²) in [5.74, 6) is -0.803. The third kappa shape index (κ3) is 3.32. The minimum Gasteiger partial charge on any atom is -0.327 e. The van der Waals surface area contributed by atoms with Gasteiger partial charge in [0, 0.05) is 37.7 Å². The highest BCUT2D eigenvalue weighted by Crippen LogP contribution is 2.28. The van der Waals surface area contributed by atoms with E-state index in [-0.39, 0.29) is 30.2 Å². The average Bonchev–Trinajstić information content (AvgIpc) is 2.84. The van der Waals surface area contributed by atoms with Gasteiger partial charge in [-0.15, -0.1) is 0 Å². The molecule has 2 aliphatic rings. The molecule has 0 spiro atoms. The van der Waals surface area contributed by atoms with Crippen molar-refractivity contribution in [2.45, 2.75) is 44.9 Å². The van der Waals surface area contributed by atoms with Gasteiger partial charge in [0.15, 0.2) is 0 Å². The number of carbonyl (C=O) groups excluding carboxylic acids is 3. The maximum Gasteiger partial charge on any atom is 0.255 e. The molecule has 0 saturated carbocycles. The number of rotatable bonds is 5. The summed E-state index contributed by atoms with van der Waals surface area (Å²) < 4.78 is 0. The van der Waals surface area contributed by atoms with Gasteiger partial charge >= 0.3 is 0 Å². The Balaban J connectivity index is 1.71. The summed E-state index contributed by atoms with van der Waals surface area (Å²) in [6.45, 7) is 3.68. The summed E-state index contributed by atoms with van der Waals surface area (Å²) >= 11 is 0. The molecule has 2 aliphatic heterocycles. The fraction of sp³-hybridized carbons (Fsp3) is 0.471. The molecular weight excluding hydrogens is 308 g/mol. The highest BCUT2D eigenvalue weighted by molar-refractivity contribution is 6.05. The van der Waals surface area contributed by atoms with Gasteiger partial charge in [0.2, 0.25) is 11.8 Å². The maximum atomic E-state index is 12.7. The Hall–Kier alpha value is -2.25. The van der Waals surface area contributed by atoms with Crippen LogP contribution >= 0.6 is 0 Å². The van der Waals surface area contributed by atoms with Crippen molar-refractivity contribution in [1.82, 2.24) is 15.5 Å². The van der Waals surface area contributed by atoms with Gasteiger partial charge < -0.3 is 16.0 Å². The highest BCUT2D eigenvalue weighted by atomic mass is 16.2. The maximum absolute atomic E-state index is 12.7. The Bertz CT molecular complexity index is 686. The summed E-state index contributed by atoms with van der Waals surface area (Å²) in [7, 11) is 0. The van der Waals surface area contributed by atoms with Crippen molar-refractivity contribution >= 4 is 17.7 Å². The molecule has 24 heavy (non-hydrogen) atoms. The molecule has 1 unspecified atom stereocenters. The number of benzene rings is 1. The highest BCUT2D eigenvalue weighted by Gasteiger charge is 2.38. The van der Waals surface area contributed by atoms with Gasteiger partial charge in [-0.1, -0.05) is 12.1 Å². The normalized spacial score (nSPS) is 21.7. The lowest BCUT2D eigenvalue weighted by Gasteiger charge is -2.29. The molecule has 0 aliphatic carbocycles. The van der Waals surface area contributed by atoms with E-state index in [1.54, 1.807) is 4.90 Å². The van der Waals surface area contributed by atoms with Crippen molar-refractivity contribution in [3.05, 3.63) is 34.9 Å². The van der Waals surface area contributed by atoms with E-state index in [9.17, 15) is 14.4 Å². The molecule has 4 N–H and O–H groups in total. The fourth-order valence-electron chi connectivity index (χ4n) is 3.16. The zero-order chi connectivity index (χ0) is 17.3. The van der Waals surface area contributed by atoms with Gasteiger partial charge in [0.25, 0.3) is 5.91 Å². The smallest absolute Gasteiger partial charge is 0.255 e. The number of carbonyl (C=O) groups is 3. The lowest BCUT2D eigenvalue weighted by atomic mass is 10.0. The number of hydrogen-bond acceptors (Lipinski definition) is 5. The number of imide groups is 1. The van der Waals surface area contributed by atoms with Crippen LogP contribution in [0.2, 0.25) is 0 Å². The molecule has 3 rings (SSSR count). The predicted octanol–water partition coefficient (Wildman–Crippen LogP) is -0.116. The number of nitrogens with two attached hydrogens (primary N) is 1. The van der Waals surface area contributed by atoms with Gasteiger partial charge in [-0.3, -0.25) is 19.7 Å². The van der Waals surface area contributed by atoms with E-state index in [4.69, 9.17) is 5.73 Å². The second-order valence-electron chi connectivity index (χ2n) is 6.50. The zero-order valence-corrected chi connectivity index (χ0v) is 13.7. The minimum atomic E-state index is -0.567. The lowest BCUT2D eigenvalue weighted by Crippen LogP contribution is -2.52. The number of nitrogens with zero attached hydrogens (tertiary/aromatic N) is 1. The molecule has 1 saturated heterocycles. The van der Waals surface area contributed by atoms with E-state index >= 15 is 0 Å². The van der Waals surface area contributed by atoms with Crippen LogP contribution in [0.5, 0.6) is 0 Å². The van der Waals surface area contributed by atoms with Gasteiger partial charge in [0.05, 0.1) is 0 Å². The summed E-state index contributed by atoms with van der Waals surface area (Å²) in [5.41, 5.74) is 8.27. The van der Waals surface area contributed by atoms with Crippen molar-refractivity contribution in [2.75, 3.05) is 6.54 Å². The first-order valence-electron chi connectivity index (χ1n) is 8.18. The van der Waals surface area contributed by atoms with Crippen LogP contribution in [0.4, 0.5) is 0 Å². The Kier molecular flexibility index (Phi) is 4.64. The van der Waals surface area contributed by atoms with Crippen LogP contribution in [0.15, 0.2) is 18.2 Å². The fourth-order valence-corrected chi connectivity index (χ4v) is 3.16. The molecule has 0 radical (unpaired) electrons. The summed E-state index contributed by atoms with van der Waals surface area (Å²) in [5, 5.41) is 5.55. The largest absolute Gasteiger partial charge is 0.327 e. The van der Waals surface area contributed by atoms with Crippen LogP contribution in [0.3, 0.4) is 0 Å². The van der Waals surface area contributed by atoms with Crippen LogP contribution in [0.25, 0.3) is 0 Å². The van der Waals surface area contributed by atoms with E-state index in [0.717, 1.165) is 11.1 Å². The molecule has 2 atom stereocenters. The molecule has 128 valence electrons. The summed E-state index contributed by atoms with van der Waals surface area (Å²) in [4.78, 5) is 37.5. The summed E-state index contributed by atoms with van der Waals surface area (Å²) in [6.07, 6.45) is 0.649. The second-order valence-corrected chi connectivity index (χ2v) is 6.50. The first-order chi connectivity index (χ1) is 11.5. The molecule has 7 heteroatoms. The van der Waals surface area contributed by atoms with E-state index in [2.05, 4.69) is 10.6 Å². The quantitative estimate of drug-likeness (QED) is 0.653. The second kappa shape index (κ2) is 6.70. The molecular formula is C17H22N4O3. The van der Waals surface area contributed by atoms with Gasteiger partial charge in [-0.25, -0.2) is 0 Å². The summed E-state index contributed by atoms with van der Waals surface area (Å²) in [6, 6.07) is 5.29. The van der Waals surface area contributed by atoms with Crippen LogP contribution in [-0.2, 0) is 22.7 Å². The van der Waals surface area contributed by atoms with Crippen molar-refractivity contribution < 1.29 is 14.4 Å². The molecule has 1 fully saturated rings. The molecule has 0 aromatic heterocycles. The van der Waals surface area contributed by atoms with Crippen LogP contribution in [-0.4, -0.2) is 41.2 Å². The van der Waals surface area contributed by atoms with Crippen LogP contribution < -0.4 is 16.4 Å². The number of nitrogens with one attached hydrogen (secondary N) is 2. The first kappa shape index (κ1) is 16.6. The number of fused-ring (bicyclic) bond motifs is 1. The van der Waals surface area contributed by atoms with Crippen molar-refractivity contribution in [3.8, 4) is 0 Å². The van der Waals surface area contributed by atoms with E-state index in [1.165, 1.54) is 0 Å². The molecule has 2 heterocycles. The monoisotopic (exact) mass is 330 g/mol. The van der Waals surface area contributed by atoms with E-state index in [0.29, 0.717) is 31.6 Å².